The number of rotatable bonds is 3. The maximum atomic E-state index is 13.0. The largest absolute Gasteiger partial charge is 0.335 e. The zero-order valence-corrected chi connectivity index (χ0v) is 18.9. The predicted octanol–water partition coefficient (Wildman–Crippen LogP) is 3.40. The number of hydrogen-bond donors (Lipinski definition) is 0. The van der Waals surface area contributed by atoms with E-state index in [0.717, 1.165) is 15.9 Å². The third kappa shape index (κ3) is 3.55. The number of sulfonamides is 1. The molecule has 0 aliphatic carbocycles. The van der Waals surface area contributed by atoms with E-state index in [1.54, 1.807) is 15.6 Å². The van der Waals surface area contributed by atoms with Gasteiger partial charge in [-0.2, -0.15) is 9.40 Å². The van der Waals surface area contributed by atoms with E-state index in [4.69, 9.17) is 23.2 Å². The van der Waals surface area contributed by atoms with E-state index in [1.807, 2.05) is 20.0 Å². The van der Waals surface area contributed by atoms with Crippen LogP contribution >= 0.6 is 34.5 Å². The molecular formula is C18H18Cl2N4O3S2. The fourth-order valence-corrected chi connectivity index (χ4v) is 7.06. The molecule has 0 saturated carbocycles. The Morgan fingerprint density at radius 1 is 1.14 bits per heavy atom. The fourth-order valence-electron chi connectivity index (χ4n) is 3.46. The van der Waals surface area contributed by atoms with Crippen molar-refractivity contribution in [1.82, 2.24) is 19.0 Å². The molecule has 3 heterocycles. The van der Waals surface area contributed by atoms with Gasteiger partial charge in [0.05, 0.1) is 20.6 Å². The summed E-state index contributed by atoms with van der Waals surface area (Å²) in [5.41, 5.74) is 0.880. The van der Waals surface area contributed by atoms with Gasteiger partial charge in [-0.1, -0.05) is 29.3 Å². The van der Waals surface area contributed by atoms with Crippen molar-refractivity contribution in [3.05, 3.63) is 44.9 Å². The number of hydrogen-bond acceptors (Lipinski definition) is 5. The number of benzene rings is 1. The first kappa shape index (κ1) is 20.6. The molecule has 7 nitrogen and oxygen atoms in total. The Morgan fingerprint density at radius 3 is 2.34 bits per heavy atom. The van der Waals surface area contributed by atoms with Gasteiger partial charge < -0.3 is 4.90 Å². The van der Waals surface area contributed by atoms with Crippen LogP contribution in [-0.4, -0.2) is 59.5 Å². The van der Waals surface area contributed by atoms with Crippen molar-refractivity contribution in [2.24, 2.45) is 7.05 Å². The van der Waals surface area contributed by atoms with E-state index >= 15 is 0 Å². The summed E-state index contributed by atoms with van der Waals surface area (Å²) in [6.45, 7) is 2.87. The Morgan fingerprint density at radius 2 is 1.76 bits per heavy atom. The van der Waals surface area contributed by atoms with Crippen molar-refractivity contribution < 1.29 is 13.2 Å². The van der Waals surface area contributed by atoms with Crippen LogP contribution in [-0.2, 0) is 17.1 Å². The molecule has 0 atom stereocenters. The Hall–Kier alpha value is -1.65. The van der Waals surface area contributed by atoms with E-state index in [-0.39, 0.29) is 33.9 Å². The maximum absolute atomic E-state index is 13.0. The molecule has 0 unspecified atom stereocenters. The molecule has 1 aliphatic heterocycles. The zero-order chi connectivity index (χ0) is 20.9. The maximum Gasteiger partial charge on any atom is 0.264 e. The second-order valence-electron chi connectivity index (χ2n) is 6.79. The highest BCUT2D eigenvalue weighted by atomic mass is 35.5. The average molecular weight is 473 g/mol. The van der Waals surface area contributed by atoms with E-state index in [2.05, 4.69) is 5.10 Å². The van der Waals surface area contributed by atoms with E-state index < -0.39 is 10.0 Å². The molecule has 0 radical (unpaired) electrons. The van der Waals surface area contributed by atoms with Gasteiger partial charge in [-0.05, 0) is 25.1 Å². The van der Waals surface area contributed by atoms with Crippen LogP contribution in [0.2, 0.25) is 10.0 Å². The third-order valence-corrected chi connectivity index (χ3v) is 8.99. The highest BCUT2D eigenvalue weighted by Crippen LogP contribution is 2.32. The first-order valence-electron chi connectivity index (χ1n) is 8.86. The number of carbonyl (C=O) groups is 1. The van der Waals surface area contributed by atoms with Crippen LogP contribution in [0.4, 0.5) is 0 Å². The first-order valence-corrected chi connectivity index (χ1v) is 11.9. The molecular weight excluding hydrogens is 455 g/mol. The third-order valence-electron chi connectivity index (χ3n) is 4.95. The van der Waals surface area contributed by atoms with E-state index in [0.29, 0.717) is 18.0 Å². The minimum Gasteiger partial charge on any atom is -0.335 e. The van der Waals surface area contributed by atoms with Gasteiger partial charge in [0.15, 0.2) is 0 Å². The number of nitrogens with zero attached hydrogens (tertiary/aromatic N) is 4. The summed E-state index contributed by atoms with van der Waals surface area (Å²) in [6.07, 6.45) is 0. The van der Waals surface area contributed by atoms with Gasteiger partial charge in [0.1, 0.15) is 9.73 Å². The monoisotopic (exact) mass is 472 g/mol. The number of aryl methyl sites for hydroxylation is 2. The van der Waals surface area contributed by atoms with Crippen molar-refractivity contribution in [2.75, 3.05) is 26.2 Å². The topological polar surface area (TPSA) is 75.5 Å². The summed E-state index contributed by atoms with van der Waals surface area (Å²) in [6, 6.07) is 6.45. The van der Waals surface area contributed by atoms with Gasteiger partial charge in [-0.3, -0.25) is 9.48 Å². The number of amides is 1. The smallest absolute Gasteiger partial charge is 0.264 e. The minimum atomic E-state index is -3.84. The molecule has 1 fully saturated rings. The minimum absolute atomic E-state index is 0.0874. The lowest BCUT2D eigenvalue weighted by atomic mass is 10.3. The average Bonchev–Trinajstić information content (AvgIpc) is 3.22. The van der Waals surface area contributed by atoms with Crippen LogP contribution < -0.4 is 0 Å². The van der Waals surface area contributed by atoms with Crippen molar-refractivity contribution in [1.29, 1.82) is 0 Å². The predicted molar refractivity (Wildman–Crippen MR) is 114 cm³/mol. The molecule has 1 amide bonds. The number of piperazine rings is 1. The van der Waals surface area contributed by atoms with Gasteiger partial charge in [0.25, 0.3) is 5.91 Å². The van der Waals surface area contributed by atoms with E-state index in [9.17, 15) is 13.2 Å². The number of aromatic nitrogens is 2. The first-order chi connectivity index (χ1) is 13.7. The lowest BCUT2D eigenvalue weighted by Crippen LogP contribution is -2.50. The van der Waals surface area contributed by atoms with E-state index in [1.165, 1.54) is 27.8 Å². The fraction of sp³-hybridized carbons (Fsp3) is 0.333. The summed E-state index contributed by atoms with van der Waals surface area (Å²) >= 11 is 13.6. The molecule has 0 spiro atoms. The van der Waals surface area contributed by atoms with Crippen LogP contribution in [0, 0.1) is 6.92 Å². The van der Waals surface area contributed by atoms with Crippen molar-refractivity contribution >= 4 is 60.7 Å². The standard InChI is InChI=1S/C18H18Cl2N4O3S2/c1-11-12-10-15(28-18(12)22(2)21-11)17(25)23-6-8-24(9-7-23)29(26,27)16-13(19)4-3-5-14(16)20/h3-5,10H,6-9H2,1-2H3. The summed E-state index contributed by atoms with van der Waals surface area (Å²) < 4.78 is 29.0. The molecule has 2 aromatic heterocycles. The summed E-state index contributed by atoms with van der Waals surface area (Å²) in [7, 11) is -1.99. The van der Waals surface area contributed by atoms with Crippen molar-refractivity contribution in [3.63, 3.8) is 0 Å². The molecule has 1 saturated heterocycles. The number of carbonyl (C=O) groups excluding carboxylic acids is 1. The quantitative estimate of drug-likeness (QED) is 0.585. The van der Waals surface area contributed by atoms with Crippen LogP contribution in [0.5, 0.6) is 0 Å². The number of halogens is 2. The van der Waals surface area contributed by atoms with Crippen molar-refractivity contribution in [3.8, 4) is 0 Å². The van der Waals surface area contributed by atoms with Crippen LogP contribution in [0.15, 0.2) is 29.2 Å². The summed E-state index contributed by atoms with van der Waals surface area (Å²) in [4.78, 5) is 16.1. The van der Waals surface area contributed by atoms with Crippen LogP contribution in [0.1, 0.15) is 15.4 Å². The Bertz CT molecular complexity index is 1160. The highest BCUT2D eigenvalue weighted by molar-refractivity contribution is 7.89. The normalized spacial score (nSPS) is 15.9. The van der Waals surface area contributed by atoms with Gasteiger partial charge in [0, 0.05) is 38.6 Å². The Labute approximate surface area is 182 Å². The second kappa shape index (κ2) is 7.55. The Kier molecular flexibility index (Phi) is 5.37. The zero-order valence-electron chi connectivity index (χ0n) is 15.7. The van der Waals surface area contributed by atoms with Crippen LogP contribution in [0.3, 0.4) is 0 Å². The molecule has 154 valence electrons. The molecule has 0 N–H and O–H groups in total. The van der Waals surface area contributed by atoms with Crippen LogP contribution in [0.25, 0.3) is 10.2 Å². The molecule has 4 rings (SSSR count). The molecule has 1 aliphatic rings. The SMILES string of the molecule is Cc1nn(C)c2sc(C(=O)N3CCN(S(=O)(=O)c4c(Cl)cccc4Cl)CC3)cc12. The number of thiophene rings is 1. The van der Waals surface area contributed by atoms with Crippen molar-refractivity contribution in [2.45, 2.75) is 11.8 Å². The lowest BCUT2D eigenvalue weighted by molar-refractivity contribution is 0.0703. The lowest BCUT2D eigenvalue weighted by Gasteiger charge is -2.34. The highest BCUT2D eigenvalue weighted by Gasteiger charge is 2.33. The second-order valence-corrected chi connectivity index (χ2v) is 10.5. The molecule has 29 heavy (non-hydrogen) atoms. The number of fused-ring (bicyclic) bond motifs is 1. The van der Waals surface area contributed by atoms with Gasteiger partial charge >= 0.3 is 0 Å². The Balaban J connectivity index is 1.51. The van der Waals surface area contributed by atoms with Gasteiger partial charge in [-0.25, -0.2) is 8.42 Å². The summed E-state index contributed by atoms with van der Waals surface area (Å²) in [5, 5.41) is 5.49. The molecule has 1 aromatic carbocycles. The molecule has 3 aromatic rings. The van der Waals surface area contributed by atoms with Gasteiger partial charge in [-0.15, -0.1) is 11.3 Å². The molecule has 11 heteroatoms. The summed E-state index contributed by atoms with van der Waals surface area (Å²) in [5.74, 6) is -0.0987. The molecule has 0 bridgehead atoms. The van der Waals surface area contributed by atoms with Gasteiger partial charge in [0.2, 0.25) is 10.0 Å².